The number of halogens is 2. The van der Waals surface area contributed by atoms with Crippen LogP contribution in [0.1, 0.15) is 21.7 Å². The van der Waals surface area contributed by atoms with Crippen LogP contribution in [0.15, 0.2) is 48.5 Å². The van der Waals surface area contributed by atoms with E-state index in [1.165, 1.54) is 16.8 Å². The smallest absolute Gasteiger partial charge is 0.361 e. The summed E-state index contributed by atoms with van der Waals surface area (Å²) in [5, 5.41) is 8.25. The van der Waals surface area contributed by atoms with Crippen LogP contribution in [-0.4, -0.2) is 21.0 Å². The summed E-state index contributed by atoms with van der Waals surface area (Å²) < 4.78 is 20.0. The Kier molecular flexibility index (Phi) is 4.57. The van der Waals surface area contributed by atoms with Gasteiger partial charge in [-0.3, -0.25) is 0 Å². The van der Waals surface area contributed by atoms with Gasteiger partial charge in [0.1, 0.15) is 12.4 Å². The number of hydrogen-bond acceptors (Lipinski definition) is 4. The number of carbonyl (C=O) groups excluding carboxylic acids is 1. The molecule has 0 N–H and O–H groups in total. The third-order valence-electron chi connectivity index (χ3n) is 3.46. The van der Waals surface area contributed by atoms with Gasteiger partial charge < -0.3 is 4.74 Å². The zero-order valence-electron chi connectivity index (χ0n) is 12.7. The second-order valence-corrected chi connectivity index (χ2v) is 5.49. The number of rotatable bonds is 4. The molecule has 0 atom stereocenters. The van der Waals surface area contributed by atoms with Crippen molar-refractivity contribution in [2.45, 2.75) is 13.5 Å². The number of hydrogen-bond donors (Lipinski definition) is 0. The largest absolute Gasteiger partial charge is 0.456 e. The molecule has 0 spiro atoms. The van der Waals surface area contributed by atoms with E-state index in [9.17, 15) is 9.18 Å². The molecule has 0 unspecified atom stereocenters. The third kappa shape index (κ3) is 3.28. The first-order valence-electron chi connectivity index (χ1n) is 7.15. The Labute approximate surface area is 142 Å². The number of benzene rings is 2. The maximum atomic E-state index is 13.3. The van der Waals surface area contributed by atoms with Gasteiger partial charge in [-0.25, -0.2) is 13.9 Å². The number of aromatic nitrogens is 3. The summed E-state index contributed by atoms with van der Waals surface area (Å²) in [6, 6.07) is 12.9. The predicted octanol–water partition coefficient (Wildman–Crippen LogP) is 3.73. The van der Waals surface area contributed by atoms with Crippen LogP contribution in [-0.2, 0) is 11.3 Å². The number of esters is 1. The molecule has 0 saturated carbocycles. The summed E-state index contributed by atoms with van der Waals surface area (Å²) in [6.07, 6.45) is 0. The van der Waals surface area contributed by atoms with E-state index in [-0.39, 0.29) is 12.3 Å². The van der Waals surface area contributed by atoms with Crippen molar-refractivity contribution in [3.8, 4) is 5.69 Å². The third-order valence-corrected chi connectivity index (χ3v) is 3.83. The molecule has 122 valence electrons. The Bertz CT molecular complexity index is 895. The SMILES string of the molecule is Cc1c(C(=O)OCc2ccccc2Cl)nnn1-c1cccc(F)c1. The Morgan fingerprint density at radius 2 is 2.04 bits per heavy atom. The molecular formula is C17H13ClFN3O2. The molecule has 5 nitrogen and oxygen atoms in total. The molecular weight excluding hydrogens is 333 g/mol. The zero-order valence-corrected chi connectivity index (χ0v) is 13.5. The number of nitrogens with zero attached hydrogens (tertiary/aromatic N) is 3. The van der Waals surface area contributed by atoms with E-state index in [0.29, 0.717) is 22.0 Å². The molecule has 0 radical (unpaired) electrons. The lowest BCUT2D eigenvalue weighted by molar-refractivity contribution is 0.0465. The first-order chi connectivity index (χ1) is 11.6. The van der Waals surface area contributed by atoms with E-state index in [4.69, 9.17) is 16.3 Å². The van der Waals surface area contributed by atoms with Gasteiger partial charge in [0.05, 0.1) is 11.4 Å². The average Bonchev–Trinajstić information content (AvgIpc) is 2.95. The summed E-state index contributed by atoms with van der Waals surface area (Å²) in [5.41, 5.74) is 1.71. The lowest BCUT2D eigenvalue weighted by Gasteiger charge is -2.06. The molecule has 0 aliphatic carbocycles. The lowest BCUT2D eigenvalue weighted by Crippen LogP contribution is -2.08. The van der Waals surface area contributed by atoms with Crippen molar-refractivity contribution in [2.75, 3.05) is 0 Å². The number of ether oxygens (including phenoxy) is 1. The van der Waals surface area contributed by atoms with Crippen LogP contribution in [0.2, 0.25) is 5.02 Å². The Balaban J connectivity index is 1.78. The molecule has 2 aromatic carbocycles. The fourth-order valence-corrected chi connectivity index (χ4v) is 2.39. The highest BCUT2D eigenvalue weighted by Crippen LogP contribution is 2.18. The van der Waals surface area contributed by atoms with Crippen LogP contribution in [0.4, 0.5) is 4.39 Å². The van der Waals surface area contributed by atoms with E-state index in [1.807, 2.05) is 0 Å². The van der Waals surface area contributed by atoms with E-state index in [2.05, 4.69) is 10.3 Å². The summed E-state index contributed by atoms with van der Waals surface area (Å²) in [5.74, 6) is -1.01. The van der Waals surface area contributed by atoms with Gasteiger partial charge in [-0.2, -0.15) is 0 Å². The van der Waals surface area contributed by atoms with Crippen LogP contribution < -0.4 is 0 Å². The van der Waals surface area contributed by atoms with E-state index in [1.54, 1.807) is 43.3 Å². The van der Waals surface area contributed by atoms with Crippen molar-refractivity contribution < 1.29 is 13.9 Å². The Morgan fingerprint density at radius 1 is 1.25 bits per heavy atom. The second-order valence-electron chi connectivity index (χ2n) is 5.08. The molecule has 0 bridgehead atoms. The second kappa shape index (κ2) is 6.80. The normalized spacial score (nSPS) is 10.6. The van der Waals surface area contributed by atoms with E-state index < -0.39 is 11.8 Å². The predicted molar refractivity (Wildman–Crippen MR) is 86.6 cm³/mol. The van der Waals surface area contributed by atoms with Gasteiger partial charge in [0.2, 0.25) is 0 Å². The minimum atomic E-state index is -0.616. The topological polar surface area (TPSA) is 57.0 Å². The highest BCUT2D eigenvalue weighted by Gasteiger charge is 2.19. The summed E-state index contributed by atoms with van der Waals surface area (Å²) >= 11 is 6.03. The summed E-state index contributed by atoms with van der Waals surface area (Å²) in [6.45, 7) is 1.70. The van der Waals surface area contributed by atoms with Gasteiger partial charge in [-0.05, 0) is 31.2 Å². The van der Waals surface area contributed by atoms with Gasteiger partial charge in [0.15, 0.2) is 5.69 Å². The van der Waals surface area contributed by atoms with Crippen molar-refractivity contribution in [1.29, 1.82) is 0 Å². The molecule has 1 aromatic heterocycles. The Hall–Kier alpha value is -2.73. The molecule has 1 heterocycles. The molecule has 3 aromatic rings. The first kappa shape index (κ1) is 16.1. The van der Waals surface area contributed by atoms with Gasteiger partial charge >= 0.3 is 5.97 Å². The minimum Gasteiger partial charge on any atom is -0.456 e. The molecule has 24 heavy (non-hydrogen) atoms. The molecule has 0 aliphatic heterocycles. The van der Waals surface area contributed by atoms with E-state index >= 15 is 0 Å². The van der Waals surface area contributed by atoms with Crippen LogP contribution in [0.25, 0.3) is 5.69 Å². The average molecular weight is 346 g/mol. The van der Waals surface area contributed by atoms with E-state index in [0.717, 1.165) is 0 Å². The summed E-state index contributed by atoms with van der Waals surface area (Å²) in [4.78, 5) is 12.2. The zero-order chi connectivity index (χ0) is 17.1. The minimum absolute atomic E-state index is 0.0325. The molecule has 7 heteroatoms. The van der Waals surface area contributed by atoms with Crippen molar-refractivity contribution in [3.05, 3.63) is 76.3 Å². The highest BCUT2D eigenvalue weighted by atomic mass is 35.5. The lowest BCUT2D eigenvalue weighted by atomic mass is 10.2. The highest BCUT2D eigenvalue weighted by molar-refractivity contribution is 6.31. The molecule has 0 fully saturated rings. The maximum Gasteiger partial charge on any atom is 0.361 e. The molecule has 0 aliphatic rings. The van der Waals surface area contributed by atoms with Gasteiger partial charge in [0.25, 0.3) is 0 Å². The van der Waals surface area contributed by atoms with Gasteiger partial charge in [-0.15, -0.1) is 5.10 Å². The Morgan fingerprint density at radius 3 is 2.79 bits per heavy atom. The molecule has 0 saturated heterocycles. The fraction of sp³-hybridized carbons (Fsp3) is 0.118. The molecule has 3 rings (SSSR count). The fourth-order valence-electron chi connectivity index (χ4n) is 2.20. The maximum absolute atomic E-state index is 13.3. The van der Waals surface area contributed by atoms with Crippen LogP contribution >= 0.6 is 11.6 Å². The van der Waals surface area contributed by atoms with Gasteiger partial charge in [0, 0.05) is 10.6 Å². The van der Waals surface area contributed by atoms with Crippen LogP contribution in [0, 0.1) is 12.7 Å². The van der Waals surface area contributed by atoms with Crippen molar-refractivity contribution >= 4 is 17.6 Å². The molecule has 0 amide bonds. The van der Waals surface area contributed by atoms with Crippen molar-refractivity contribution in [3.63, 3.8) is 0 Å². The van der Waals surface area contributed by atoms with Crippen LogP contribution in [0.3, 0.4) is 0 Å². The van der Waals surface area contributed by atoms with Crippen molar-refractivity contribution in [1.82, 2.24) is 15.0 Å². The first-order valence-corrected chi connectivity index (χ1v) is 7.53. The van der Waals surface area contributed by atoms with Crippen LogP contribution in [0.5, 0.6) is 0 Å². The summed E-state index contributed by atoms with van der Waals surface area (Å²) in [7, 11) is 0. The quantitative estimate of drug-likeness (QED) is 0.676. The number of carbonyl (C=O) groups is 1. The van der Waals surface area contributed by atoms with Gasteiger partial charge in [-0.1, -0.05) is 41.1 Å². The van der Waals surface area contributed by atoms with Crippen molar-refractivity contribution in [2.24, 2.45) is 0 Å². The standard InChI is InChI=1S/C17H13ClFN3O2/c1-11-16(17(23)24-10-12-5-2-3-8-15(12)18)20-21-22(11)14-7-4-6-13(19)9-14/h2-9H,10H2,1H3. The monoisotopic (exact) mass is 345 g/mol.